The maximum Gasteiger partial charge on any atom is 0.471 e. The van der Waals surface area contributed by atoms with Gasteiger partial charge in [-0.1, -0.05) is 0 Å². The predicted molar refractivity (Wildman–Crippen MR) is 59.5 cm³/mol. The lowest BCUT2D eigenvalue weighted by Crippen LogP contribution is -2.30. The fourth-order valence-corrected chi connectivity index (χ4v) is 1.72. The van der Waals surface area contributed by atoms with Crippen molar-refractivity contribution in [1.29, 1.82) is 0 Å². The molecule has 1 rings (SSSR count). The Morgan fingerprint density at radius 2 is 1.80 bits per heavy atom. The number of primary sulfonamides is 1. The Bertz CT molecular complexity index is 669. The number of carboxylic acid groups (broad SMARTS) is 1. The predicted octanol–water partition coefficient (Wildman–Crippen LogP) is 0.533. The van der Waals surface area contributed by atoms with Gasteiger partial charge < -0.3 is 10.4 Å². The van der Waals surface area contributed by atoms with E-state index in [0.29, 0.717) is 12.1 Å². The number of carboxylic acids is 1. The molecule has 20 heavy (non-hydrogen) atoms. The third-order valence-corrected chi connectivity index (χ3v) is 2.97. The Morgan fingerprint density at radius 3 is 2.20 bits per heavy atom. The van der Waals surface area contributed by atoms with Crippen LogP contribution in [0, 0.1) is 0 Å². The van der Waals surface area contributed by atoms with E-state index in [1.165, 1.54) is 5.32 Å². The molecule has 1 aromatic carbocycles. The average Bonchev–Trinajstić information content (AvgIpc) is 2.26. The number of aromatic carboxylic acids is 1. The number of alkyl halides is 3. The van der Waals surface area contributed by atoms with Crippen LogP contribution >= 0.6 is 0 Å². The first-order chi connectivity index (χ1) is 8.93. The van der Waals surface area contributed by atoms with Gasteiger partial charge >= 0.3 is 18.1 Å². The standard InChI is InChI=1S/C9H7F3N2O5S/c10-9(11,12)8(17)14-6-2-1-4(20(13,18)19)3-5(6)7(15)16/h1-3H,(H,14,17)(H,15,16)(H2,13,18,19). The van der Waals surface area contributed by atoms with E-state index in [-0.39, 0.29) is 0 Å². The van der Waals surface area contributed by atoms with Crippen LogP contribution in [0.15, 0.2) is 23.1 Å². The summed E-state index contributed by atoms with van der Waals surface area (Å²) < 4.78 is 58.2. The van der Waals surface area contributed by atoms with Crippen molar-refractivity contribution in [2.24, 2.45) is 5.14 Å². The number of carbonyl (C=O) groups is 2. The van der Waals surface area contributed by atoms with E-state index in [4.69, 9.17) is 10.2 Å². The van der Waals surface area contributed by atoms with E-state index in [0.717, 1.165) is 6.07 Å². The van der Waals surface area contributed by atoms with Crippen molar-refractivity contribution in [3.05, 3.63) is 23.8 Å². The molecule has 11 heteroatoms. The number of sulfonamides is 1. The molecule has 1 aromatic rings. The molecule has 0 saturated heterocycles. The minimum absolute atomic E-state index is 0.545. The zero-order chi connectivity index (χ0) is 15.7. The van der Waals surface area contributed by atoms with E-state index in [1.807, 2.05) is 0 Å². The van der Waals surface area contributed by atoms with E-state index in [9.17, 15) is 31.2 Å². The van der Waals surface area contributed by atoms with Crippen LogP contribution in [-0.4, -0.2) is 31.6 Å². The van der Waals surface area contributed by atoms with E-state index in [2.05, 4.69) is 0 Å². The monoisotopic (exact) mass is 312 g/mol. The van der Waals surface area contributed by atoms with Gasteiger partial charge in [0.25, 0.3) is 0 Å². The molecule has 4 N–H and O–H groups in total. The van der Waals surface area contributed by atoms with Gasteiger partial charge in [0.2, 0.25) is 10.0 Å². The number of halogens is 3. The Balaban J connectivity index is 3.29. The third kappa shape index (κ3) is 3.68. The van der Waals surface area contributed by atoms with Gasteiger partial charge in [-0.2, -0.15) is 13.2 Å². The van der Waals surface area contributed by atoms with E-state index in [1.54, 1.807) is 0 Å². The molecule has 0 unspecified atom stereocenters. The first-order valence-corrected chi connectivity index (χ1v) is 6.26. The quantitative estimate of drug-likeness (QED) is 0.750. The number of nitrogens with two attached hydrogens (primary N) is 1. The van der Waals surface area contributed by atoms with Gasteiger partial charge in [-0.05, 0) is 18.2 Å². The summed E-state index contributed by atoms with van der Waals surface area (Å²) in [6, 6.07) is 2.02. The number of benzene rings is 1. The minimum atomic E-state index is -5.21. The topological polar surface area (TPSA) is 127 Å². The number of nitrogens with one attached hydrogen (secondary N) is 1. The van der Waals surface area contributed by atoms with Crippen LogP contribution in [0.4, 0.5) is 18.9 Å². The Morgan fingerprint density at radius 1 is 1.25 bits per heavy atom. The summed E-state index contributed by atoms with van der Waals surface area (Å²) in [6.07, 6.45) is -5.21. The second-order valence-electron chi connectivity index (χ2n) is 3.51. The second kappa shape index (κ2) is 5.09. The Hall–Kier alpha value is -2.14. The van der Waals surface area contributed by atoms with Crippen molar-refractivity contribution in [1.82, 2.24) is 0 Å². The maximum atomic E-state index is 12.1. The molecule has 0 radical (unpaired) electrons. The molecule has 0 aliphatic heterocycles. The Labute approximate surface area is 110 Å². The number of hydrogen-bond acceptors (Lipinski definition) is 4. The van der Waals surface area contributed by atoms with E-state index >= 15 is 0 Å². The highest BCUT2D eigenvalue weighted by atomic mass is 32.2. The van der Waals surface area contributed by atoms with Gasteiger partial charge in [0, 0.05) is 0 Å². The molecule has 0 aromatic heterocycles. The van der Waals surface area contributed by atoms with Gasteiger partial charge in [0.1, 0.15) is 0 Å². The van der Waals surface area contributed by atoms with Gasteiger partial charge in [-0.3, -0.25) is 4.79 Å². The fraction of sp³-hybridized carbons (Fsp3) is 0.111. The molecular weight excluding hydrogens is 305 g/mol. The highest BCUT2D eigenvalue weighted by molar-refractivity contribution is 7.89. The maximum absolute atomic E-state index is 12.1. The average molecular weight is 312 g/mol. The third-order valence-electron chi connectivity index (χ3n) is 2.06. The van der Waals surface area contributed by atoms with Gasteiger partial charge in [0.05, 0.1) is 16.1 Å². The van der Waals surface area contributed by atoms with Gasteiger partial charge in [-0.15, -0.1) is 0 Å². The van der Waals surface area contributed by atoms with Crippen molar-refractivity contribution >= 4 is 27.6 Å². The second-order valence-corrected chi connectivity index (χ2v) is 5.07. The molecule has 1 amide bonds. The van der Waals surface area contributed by atoms with Crippen molar-refractivity contribution in [3.63, 3.8) is 0 Å². The van der Waals surface area contributed by atoms with Crippen molar-refractivity contribution < 1.29 is 36.3 Å². The first kappa shape index (κ1) is 15.9. The number of rotatable bonds is 3. The minimum Gasteiger partial charge on any atom is -0.478 e. The van der Waals surface area contributed by atoms with Crippen LogP contribution in [0.25, 0.3) is 0 Å². The number of amides is 1. The molecule has 110 valence electrons. The van der Waals surface area contributed by atoms with Crippen molar-refractivity contribution in [2.75, 3.05) is 5.32 Å². The normalized spacial score (nSPS) is 12.0. The summed E-state index contributed by atoms with van der Waals surface area (Å²) in [5, 5.41) is 14.9. The molecule has 0 fully saturated rings. The van der Waals surface area contributed by atoms with Gasteiger partial charge in [-0.25, -0.2) is 18.4 Å². The summed E-state index contributed by atoms with van der Waals surface area (Å²) in [5.41, 5.74) is -1.54. The summed E-state index contributed by atoms with van der Waals surface area (Å²) in [6.45, 7) is 0. The molecular formula is C9H7F3N2O5S. The summed E-state index contributed by atoms with van der Waals surface area (Å²) in [5.74, 6) is -4.11. The lowest BCUT2D eigenvalue weighted by atomic mass is 10.2. The largest absolute Gasteiger partial charge is 0.478 e. The number of anilines is 1. The fourth-order valence-electron chi connectivity index (χ4n) is 1.18. The van der Waals surface area contributed by atoms with Crippen LogP contribution in [0.2, 0.25) is 0 Å². The Kier molecular flexibility index (Phi) is 4.05. The van der Waals surface area contributed by atoms with Crippen LogP contribution in [0.5, 0.6) is 0 Å². The number of hydrogen-bond donors (Lipinski definition) is 3. The lowest BCUT2D eigenvalue weighted by molar-refractivity contribution is -0.167. The zero-order valence-electron chi connectivity index (χ0n) is 9.43. The highest BCUT2D eigenvalue weighted by Gasteiger charge is 2.39. The van der Waals surface area contributed by atoms with Crippen molar-refractivity contribution in [3.8, 4) is 0 Å². The SMILES string of the molecule is NS(=O)(=O)c1ccc(NC(=O)C(F)(F)F)c(C(=O)O)c1. The van der Waals surface area contributed by atoms with Crippen LogP contribution in [0.3, 0.4) is 0 Å². The summed E-state index contributed by atoms with van der Waals surface area (Å²) in [4.78, 5) is 21.0. The first-order valence-electron chi connectivity index (χ1n) is 4.71. The molecule has 0 spiro atoms. The molecule has 0 saturated carbocycles. The summed E-state index contributed by atoms with van der Waals surface area (Å²) in [7, 11) is -4.23. The summed E-state index contributed by atoms with van der Waals surface area (Å²) >= 11 is 0. The smallest absolute Gasteiger partial charge is 0.471 e. The van der Waals surface area contributed by atoms with Crippen LogP contribution in [-0.2, 0) is 14.8 Å². The van der Waals surface area contributed by atoms with Crippen molar-refractivity contribution in [2.45, 2.75) is 11.1 Å². The molecule has 0 aliphatic carbocycles. The van der Waals surface area contributed by atoms with Crippen LogP contribution in [0.1, 0.15) is 10.4 Å². The lowest BCUT2D eigenvalue weighted by Gasteiger charge is -2.11. The van der Waals surface area contributed by atoms with E-state index < -0.39 is 44.2 Å². The number of carbonyl (C=O) groups excluding carboxylic acids is 1. The molecule has 0 aliphatic rings. The molecule has 7 nitrogen and oxygen atoms in total. The molecule has 0 bridgehead atoms. The zero-order valence-corrected chi connectivity index (χ0v) is 10.2. The molecule has 0 atom stereocenters. The van der Waals surface area contributed by atoms with Gasteiger partial charge in [0.15, 0.2) is 0 Å². The molecule has 0 heterocycles. The van der Waals surface area contributed by atoms with Crippen LogP contribution < -0.4 is 10.5 Å². The highest BCUT2D eigenvalue weighted by Crippen LogP contribution is 2.23.